The normalized spacial score (nSPS) is 13.4. The van der Waals surface area contributed by atoms with E-state index in [1.807, 2.05) is 0 Å². The molecule has 1 atom stereocenters. The van der Waals surface area contributed by atoms with Crippen LogP contribution in [0.25, 0.3) is 0 Å². The molecule has 0 aliphatic rings. The molecule has 1 amide bonds. The fourth-order valence-electron chi connectivity index (χ4n) is 0.131. The Morgan fingerprint density at radius 3 is 2.29 bits per heavy atom. The Labute approximate surface area is 42.9 Å². The van der Waals surface area contributed by atoms with Gasteiger partial charge < -0.3 is 5.32 Å². The molecule has 1 radical (unpaired) electrons. The fourth-order valence-corrected chi connectivity index (χ4v) is 0.131. The van der Waals surface area contributed by atoms with Crippen LogP contribution in [0.5, 0.6) is 0 Å². The maximum atomic E-state index is 9.98. The topological polar surface area (TPSA) is 52.9 Å². The Kier molecular flexibility index (Phi) is 2.37. The second-order valence-electron chi connectivity index (χ2n) is 1.37. The molecule has 0 aliphatic carbocycles. The Morgan fingerprint density at radius 2 is 2.29 bits per heavy atom. The highest BCUT2D eigenvalue weighted by atomic mass is 16.1. The molecule has 0 spiro atoms. The summed E-state index contributed by atoms with van der Waals surface area (Å²) in [5.74, 6) is -0.567. The Bertz CT molecular complexity index is 72.1. The molecule has 0 fully saturated rings. The maximum Gasteiger partial charge on any atom is 0.255 e. The van der Waals surface area contributed by atoms with Gasteiger partial charge in [-0.15, -0.1) is 0 Å². The van der Waals surface area contributed by atoms with Crippen molar-refractivity contribution in [2.75, 3.05) is 7.05 Å². The summed E-state index contributed by atoms with van der Waals surface area (Å²) in [5, 5.41) is 2.63. The number of hydrogen-bond acceptors (Lipinski definition) is 2. The third-order valence-corrected chi connectivity index (χ3v) is 0.826. The molecule has 0 rings (SSSR count). The Morgan fingerprint density at radius 1 is 1.86 bits per heavy atom. The molecular weight excluding hydrogens is 92.1 g/mol. The summed E-state index contributed by atoms with van der Waals surface area (Å²) in [6.45, 7) is 1.65. The third kappa shape index (κ3) is 2.17. The van der Waals surface area contributed by atoms with E-state index in [1.165, 1.54) is 0 Å². The zero-order valence-electron chi connectivity index (χ0n) is 4.49. The summed E-state index contributed by atoms with van der Waals surface area (Å²) in [5.41, 5.74) is 6.48. The number of carbonyl (C=O) groups is 1. The van der Waals surface area contributed by atoms with Crippen molar-refractivity contribution in [3.63, 3.8) is 0 Å². The molecule has 0 aromatic carbocycles. The van der Waals surface area contributed by atoms with Gasteiger partial charge in [-0.05, 0) is 14.0 Å². The zero-order valence-corrected chi connectivity index (χ0v) is 4.49. The maximum absolute atomic E-state index is 9.98. The van der Waals surface area contributed by atoms with E-state index in [9.17, 15) is 4.79 Å². The highest BCUT2D eigenvalue weighted by Gasteiger charge is 2.02. The first-order valence-corrected chi connectivity index (χ1v) is 2.11. The van der Waals surface area contributed by atoms with Crippen LogP contribution in [0, 0.1) is 0 Å². The van der Waals surface area contributed by atoms with Crippen LogP contribution >= 0.6 is 0 Å². The second-order valence-corrected chi connectivity index (χ2v) is 1.37. The van der Waals surface area contributed by atoms with Crippen molar-refractivity contribution in [1.82, 2.24) is 11.1 Å². The van der Waals surface area contributed by atoms with Gasteiger partial charge in [-0.1, -0.05) is 0 Å². The standard InChI is InChI=1S/C4H9N2O/c1-3(6-2)4(5)7/h3,5-6H,1-2H3. The van der Waals surface area contributed by atoms with E-state index in [1.54, 1.807) is 14.0 Å². The Hall–Kier alpha value is -0.570. The summed E-state index contributed by atoms with van der Waals surface area (Å²) in [4.78, 5) is 9.98. The molecule has 0 aromatic rings. The monoisotopic (exact) mass is 101 g/mol. The molecule has 7 heavy (non-hydrogen) atoms. The first-order valence-electron chi connectivity index (χ1n) is 2.11. The van der Waals surface area contributed by atoms with Crippen molar-refractivity contribution in [2.45, 2.75) is 13.0 Å². The van der Waals surface area contributed by atoms with Gasteiger partial charge >= 0.3 is 0 Å². The number of likely N-dealkylation sites (N-methyl/N-ethyl adjacent to an activating group) is 1. The average Bonchev–Trinajstić information content (AvgIpc) is 1.65. The van der Waals surface area contributed by atoms with Gasteiger partial charge in [-0.2, -0.15) is 0 Å². The van der Waals surface area contributed by atoms with Gasteiger partial charge in [0.05, 0.1) is 6.04 Å². The van der Waals surface area contributed by atoms with Gasteiger partial charge in [0.25, 0.3) is 5.91 Å². The molecule has 0 aromatic heterocycles. The quantitative estimate of drug-likeness (QED) is 0.505. The van der Waals surface area contributed by atoms with E-state index >= 15 is 0 Å². The molecule has 41 valence electrons. The van der Waals surface area contributed by atoms with E-state index in [2.05, 4.69) is 5.32 Å². The van der Waals surface area contributed by atoms with Crippen molar-refractivity contribution < 1.29 is 4.79 Å². The molecule has 1 unspecified atom stereocenters. The molecule has 0 bridgehead atoms. The second kappa shape index (κ2) is 2.58. The molecule has 2 N–H and O–H groups in total. The lowest BCUT2D eigenvalue weighted by molar-refractivity contribution is -0.120. The van der Waals surface area contributed by atoms with Crippen molar-refractivity contribution in [3.8, 4) is 0 Å². The van der Waals surface area contributed by atoms with Crippen LogP contribution in [0.4, 0.5) is 0 Å². The van der Waals surface area contributed by atoms with Crippen LogP contribution in [0.1, 0.15) is 6.92 Å². The van der Waals surface area contributed by atoms with E-state index in [-0.39, 0.29) is 6.04 Å². The minimum atomic E-state index is -0.567. The highest BCUT2D eigenvalue weighted by molar-refractivity contribution is 5.78. The Balaban J connectivity index is 3.34. The first-order chi connectivity index (χ1) is 3.18. The number of rotatable bonds is 2. The van der Waals surface area contributed by atoms with Crippen LogP contribution in [0.3, 0.4) is 0 Å². The van der Waals surface area contributed by atoms with E-state index in [0.29, 0.717) is 0 Å². The fraction of sp³-hybridized carbons (Fsp3) is 0.750. The summed E-state index contributed by atoms with van der Waals surface area (Å²) in [7, 11) is 1.65. The lowest BCUT2D eigenvalue weighted by atomic mass is 10.3. The average molecular weight is 101 g/mol. The molecule has 0 heterocycles. The van der Waals surface area contributed by atoms with Crippen LogP contribution < -0.4 is 11.1 Å². The van der Waals surface area contributed by atoms with Crippen molar-refractivity contribution in [1.29, 1.82) is 0 Å². The van der Waals surface area contributed by atoms with Crippen molar-refractivity contribution in [3.05, 3.63) is 0 Å². The smallest absolute Gasteiger partial charge is 0.255 e. The van der Waals surface area contributed by atoms with Gasteiger partial charge in [0.15, 0.2) is 0 Å². The van der Waals surface area contributed by atoms with Gasteiger partial charge in [0.1, 0.15) is 0 Å². The van der Waals surface area contributed by atoms with Gasteiger partial charge in [0, 0.05) is 0 Å². The molecule has 3 nitrogen and oxygen atoms in total. The van der Waals surface area contributed by atoms with Gasteiger partial charge in [-0.3, -0.25) is 10.5 Å². The lowest BCUT2D eigenvalue weighted by Gasteiger charge is -1.99. The van der Waals surface area contributed by atoms with Crippen LogP contribution in [-0.4, -0.2) is 19.0 Å². The molecule has 0 saturated carbocycles. The summed E-state index contributed by atoms with van der Waals surface area (Å²) < 4.78 is 0. The summed E-state index contributed by atoms with van der Waals surface area (Å²) >= 11 is 0. The van der Waals surface area contributed by atoms with Gasteiger partial charge in [0.2, 0.25) is 0 Å². The van der Waals surface area contributed by atoms with Gasteiger partial charge in [-0.25, -0.2) is 0 Å². The zero-order chi connectivity index (χ0) is 5.86. The molecule has 0 saturated heterocycles. The lowest BCUT2D eigenvalue weighted by Crippen LogP contribution is -2.31. The minimum absolute atomic E-state index is 0.319. The van der Waals surface area contributed by atoms with Crippen LogP contribution in [-0.2, 0) is 4.79 Å². The van der Waals surface area contributed by atoms with E-state index in [4.69, 9.17) is 5.73 Å². The predicted molar refractivity (Wildman–Crippen MR) is 26.6 cm³/mol. The highest BCUT2D eigenvalue weighted by Crippen LogP contribution is 1.73. The molecular formula is C4H9N2O. The molecule has 3 heteroatoms. The predicted octanol–water partition coefficient (Wildman–Crippen LogP) is -0.596. The largest absolute Gasteiger partial charge is 0.309 e. The third-order valence-electron chi connectivity index (χ3n) is 0.826. The van der Waals surface area contributed by atoms with E-state index < -0.39 is 5.91 Å². The number of amides is 1. The minimum Gasteiger partial charge on any atom is -0.309 e. The SMILES string of the molecule is CNC(C)C([NH])=O. The van der Waals surface area contributed by atoms with Crippen LogP contribution in [0.2, 0.25) is 0 Å². The van der Waals surface area contributed by atoms with Crippen LogP contribution in [0.15, 0.2) is 0 Å². The molecule has 0 aliphatic heterocycles. The van der Waals surface area contributed by atoms with Crippen molar-refractivity contribution >= 4 is 5.91 Å². The summed E-state index contributed by atoms with van der Waals surface area (Å²) in [6.07, 6.45) is 0. The van der Waals surface area contributed by atoms with E-state index in [0.717, 1.165) is 0 Å². The first kappa shape index (κ1) is 6.43. The number of nitrogens with one attached hydrogen (secondary N) is 2. The number of hydrogen-bond donors (Lipinski definition) is 1. The summed E-state index contributed by atoms with van der Waals surface area (Å²) in [6, 6.07) is -0.319. The van der Waals surface area contributed by atoms with Crippen molar-refractivity contribution in [2.24, 2.45) is 0 Å². The number of carbonyl (C=O) groups excluding carboxylic acids is 1.